The second-order valence-electron chi connectivity index (χ2n) is 5.49. The van der Waals surface area contributed by atoms with Gasteiger partial charge in [-0.15, -0.1) is 0 Å². The van der Waals surface area contributed by atoms with Crippen LogP contribution in [-0.2, 0) is 20.0 Å². The van der Waals surface area contributed by atoms with Gasteiger partial charge >= 0.3 is 5.97 Å². The summed E-state index contributed by atoms with van der Waals surface area (Å²) in [6.45, 7) is 2.17. The molecule has 0 aliphatic carbocycles. The zero-order valence-corrected chi connectivity index (χ0v) is 15.9. The van der Waals surface area contributed by atoms with E-state index in [1.807, 2.05) is 6.92 Å². The molecule has 2 aromatic carbocycles. The Balaban J connectivity index is 2.40. The Labute approximate surface area is 156 Å². The molecule has 0 radical (unpaired) electrons. The maximum atomic E-state index is 12.6. The Morgan fingerprint density at radius 2 is 1.67 bits per heavy atom. The first-order valence-corrected chi connectivity index (χ1v) is 10.7. The van der Waals surface area contributed by atoms with Crippen LogP contribution in [-0.4, -0.2) is 34.5 Å². The van der Waals surface area contributed by atoms with Crippen molar-refractivity contribution in [1.82, 2.24) is 0 Å². The molecule has 0 unspecified atom stereocenters. The molecule has 0 bridgehead atoms. The lowest BCUT2D eigenvalue weighted by Crippen LogP contribution is -2.16. The van der Waals surface area contributed by atoms with Crippen LogP contribution in [0.25, 0.3) is 0 Å². The van der Waals surface area contributed by atoms with Crippen molar-refractivity contribution in [2.75, 3.05) is 11.3 Å². The van der Waals surface area contributed by atoms with E-state index in [2.05, 4.69) is 4.72 Å². The van der Waals surface area contributed by atoms with E-state index in [9.17, 15) is 21.6 Å². The molecule has 0 atom stereocenters. The Morgan fingerprint density at radius 1 is 1.07 bits per heavy atom. The highest BCUT2D eigenvalue weighted by atomic mass is 32.2. The van der Waals surface area contributed by atoms with Crippen molar-refractivity contribution in [3.8, 4) is 5.75 Å². The number of ether oxygens (including phenoxy) is 1. The molecule has 4 N–H and O–H groups in total. The molecule has 0 saturated carbocycles. The first kappa shape index (κ1) is 20.7. The van der Waals surface area contributed by atoms with Gasteiger partial charge in [-0.3, -0.25) is 4.72 Å². The maximum Gasteiger partial charge on any atom is 0.335 e. The van der Waals surface area contributed by atoms with Gasteiger partial charge < -0.3 is 9.84 Å². The summed E-state index contributed by atoms with van der Waals surface area (Å²) in [5.41, 5.74) is -0.167. The van der Waals surface area contributed by atoms with E-state index in [1.54, 1.807) is 0 Å². The number of anilines is 1. The quantitative estimate of drug-likeness (QED) is 0.593. The molecule has 0 aliphatic rings. The van der Waals surface area contributed by atoms with Crippen molar-refractivity contribution in [1.29, 1.82) is 0 Å². The molecular formula is C16H18N2O7S2. The fraction of sp³-hybridized carbons (Fsp3) is 0.188. The molecule has 0 aliphatic heterocycles. The highest BCUT2D eigenvalue weighted by Crippen LogP contribution is 2.29. The average molecular weight is 414 g/mol. The fourth-order valence-electron chi connectivity index (χ4n) is 2.09. The molecule has 9 nitrogen and oxygen atoms in total. The van der Waals surface area contributed by atoms with E-state index in [4.69, 9.17) is 15.0 Å². The van der Waals surface area contributed by atoms with Crippen LogP contribution in [0.15, 0.2) is 52.3 Å². The van der Waals surface area contributed by atoms with Gasteiger partial charge in [-0.2, -0.15) is 0 Å². The molecule has 11 heteroatoms. The SMILES string of the molecule is CCCOc1ccc(C(=O)O)cc1NS(=O)(=O)c1ccc(S(N)(=O)=O)cc1. The highest BCUT2D eigenvalue weighted by molar-refractivity contribution is 7.92. The number of aromatic carboxylic acids is 1. The lowest BCUT2D eigenvalue weighted by molar-refractivity contribution is 0.0697. The van der Waals surface area contributed by atoms with E-state index in [0.717, 1.165) is 30.3 Å². The summed E-state index contributed by atoms with van der Waals surface area (Å²) in [6.07, 6.45) is 0.669. The zero-order chi connectivity index (χ0) is 20.2. The number of hydrogen-bond donors (Lipinski definition) is 3. The van der Waals surface area contributed by atoms with Crippen LogP contribution < -0.4 is 14.6 Å². The van der Waals surface area contributed by atoms with Gasteiger partial charge in [0, 0.05) is 0 Å². The number of carboxylic acids is 1. The van der Waals surface area contributed by atoms with Crippen molar-refractivity contribution < 1.29 is 31.5 Å². The molecule has 2 rings (SSSR count). The molecule has 0 saturated heterocycles. The number of hydrogen-bond acceptors (Lipinski definition) is 6. The van der Waals surface area contributed by atoms with Crippen molar-refractivity contribution in [2.24, 2.45) is 5.14 Å². The van der Waals surface area contributed by atoms with Crippen molar-refractivity contribution >= 4 is 31.7 Å². The van der Waals surface area contributed by atoms with E-state index >= 15 is 0 Å². The standard InChI is InChI=1S/C16H18N2O7S2/c1-2-9-25-15-8-3-11(16(19)20)10-14(15)18-27(23,24)13-6-4-12(5-7-13)26(17,21)22/h3-8,10,18H,2,9H2,1H3,(H,19,20)(H2,17,21,22). The molecular weight excluding hydrogens is 396 g/mol. The van der Waals surface area contributed by atoms with Gasteiger partial charge in [0.25, 0.3) is 10.0 Å². The average Bonchev–Trinajstić information content (AvgIpc) is 2.59. The number of carboxylic acid groups (broad SMARTS) is 1. The van der Waals surface area contributed by atoms with Crippen LogP contribution in [0.4, 0.5) is 5.69 Å². The third-order valence-electron chi connectivity index (χ3n) is 3.40. The monoisotopic (exact) mass is 414 g/mol. The van der Waals surface area contributed by atoms with Crippen LogP contribution in [0, 0.1) is 0 Å². The number of nitrogens with one attached hydrogen (secondary N) is 1. The number of carbonyl (C=O) groups is 1. The smallest absolute Gasteiger partial charge is 0.335 e. The molecule has 0 fully saturated rings. The molecule has 146 valence electrons. The highest BCUT2D eigenvalue weighted by Gasteiger charge is 2.19. The van der Waals surface area contributed by atoms with Gasteiger partial charge in [0.15, 0.2) is 0 Å². The minimum atomic E-state index is -4.12. The summed E-state index contributed by atoms with van der Waals surface area (Å²) >= 11 is 0. The molecule has 0 amide bonds. The van der Waals surface area contributed by atoms with E-state index in [-0.39, 0.29) is 26.8 Å². The Kier molecular flexibility index (Phi) is 6.08. The summed E-state index contributed by atoms with van der Waals surface area (Å²) in [5, 5.41) is 14.1. The van der Waals surface area contributed by atoms with Crippen molar-refractivity contribution in [3.63, 3.8) is 0 Å². The van der Waals surface area contributed by atoms with E-state index in [1.165, 1.54) is 12.1 Å². The van der Waals surface area contributed by atoms with Crippen molar-refractivity contribution in [3.05, 3.63) is 48.0 Å². The molecule has 0 spiro atoms. The van der Waals surface area contributed by atoms with Gasteiger partial charge in [0.05, 0.1) is 27.6 Å². The number of primary sulfonamides is 1. The molecule has 0 aromatic heterocycles. The second kappa shape index (κ2) is 7.94. The van der Waals surface area contributed by atoms with Crippen LogP contribution in [0.5, 0.6) is 5.75 Å². The van der Waals surface area contributed by atoms with E-state index < -0.39 is 26.0 Å². The predicted octanol–water partition coefficient (Wildman–Crippen LogP) is 1.62. The summed E-state index contributed by atoms with van der Waals surface area (Å²) in [5.74, 6) is -1.05. The van der Waals surface area contributed by atoms with Crippen LogP contribution in [0.2, 0.25) is 0 Å². The maximum absolute atomic E-state index is 12.6. The number of sulfonamides is 2. The minimum Gasteiger partial charge on any atom is -0.491 e. The number of benzene rings is 2. The minimum absolute atomic E-state index is 0.0427. The molecule has 0 heterocycles. The predicted molar refractivity (Wildman–Crippen MR) is 97.8 cm³/mol. The number of rotatable bonds is 8. The molecule has 27 heavy (non-hydrogen) atoms. The normalized spacial score (nSPS) is 11.8. The van der Waals surface area contributed by atoms with Crippen LogP contribution >= 0.6 is 0 Å². The lowest BCUT2D eigenvalue weighted by atomic mass is 10.2. The number of nitrogens with two attached hydrogens (primary N) is 1. The first-order chi connectivity index (χ1) is 12.5. The fourth-order valence-corrected chi connectivity index (χ4v) is 3.67. The third-order valence-corrected chi connectivity index (χ3v) is 5.71. The largest absolute Gasteiger partial charge is 0.491 e. The summed E-state index contributed by atoms with van der Waals surface area (Å²) in [6, 6.07) is 8.08. The summed E-state index contributed by atoms with van der Waals surface area (Å²) < 4.78 is 55.4. The topological polar surface area (TPSA) is 153 Å². The van der Waals surface area contributed by atoms with Crippen LogP contribution in [0.3, 0.4) is 0 Å². The summed E-state index contributed by atoms with van der Waals surface area (Å²) in [4.78, 5) is 10.7. The summed E-state index contributed by atoms with van der Waals surface area (Å²) in [7, 11) is -8.08. The van der Waals surface area contributed by atoms with Gasteiger partial charge in [0.2, 0.25) is 10.0 Å². The first-order valence-electron chi connectivity index (χ1n) is 7.70. The second-order valence-corrected chi connectivity index (χ2v) is 8.73. The van der Waals surface area contributed by atoms with Gasteiger partial charge in [0.1, 0.15) is 5.75 Å². The lowest BCUT2D eigenvalue weighted by Gasteiger charge is -2.14. The third kappa shape index (κ3) is 5.18. The Hall–Kier alpha value is -2.63. The zero-order valence-electron chi connectivity index (χ0n) is 14.2. The Morgan fingerprint density at radius 3 is 2.19 bits per heavy atom. The van der Waals surface area contributed by atoms with Crippen LogP contribution in [0.1, 0.15) is 23.7 Å². The van der Waals surface area contributed by atoms with E-state index in [0.29, 0.717) is 13.0 Å². The Bertz CT molecular complexity index is 1050. The van der Waals surface area contributed by atoms with Gasteiger partial charge in [-0.1, -0.05) is 6.92 Å². The van der Waals surface area contributed by atoms with Gasteiger partial charge in [-0.25, -0.2) is 26.8 Å². The molecule has 2 aromatic rings. The van der Waals surface area contributed by atoms with Crippen molar-refractivity contribution in [2.45, 2.75) is 23.1 Å². The van der Waals surface area contributed by atoms with Gasteiger partial charge in [-0.05, 0) is 48.9 Å².